The van der Waals surface area contributed by atoms with Crippen LogP contribution in [0, 0.1) is 5.92 Å². The highest BCUT2D eigenvalue weighted by Crippen LogP contribution is 2.20. The zero-order valence-corrected chi connectivity index (χ0v) is 13.2. The molecule has 0 aliphatic heterocycles. The van der Waals surface area contributed by atoms with Crippen LogP contribution in [-0.2, 0) is 9.53 Å². The Morgan fingerprint density at radius 3 is 2.37 bits per heavy atom. The van der Waals surface area contributed by atoms with Gasteiger partial charge < -0.3 is 4.74 Å². The molecule has 0 spiro atoms. The molecule has 0 aliphatic rings. The predicted molar refractivity (Wildman–Crippen MR) is 82.0 cm³/mol. The van der Waals surface area contributed by atoms with Crippen molar-refractivity contribution < 1.29 is 9.53 Å². The fraction of sp³-hybridized carbons (Fsp3) is 0.706. The van der Waals surface area contributed by atoms with Gasteiger partial charge in [0.2, 0.25) is 0 Å². The maximum absolute atomic E-state index is 11.7. The van der Waals surface area contributed by atoms with Gasteiger partial charge in [-0.15, -0.1) is 0 Å². The number of rotatable bonds is 9. The van der Waals surface area contributed by atoms with Crippen LogP contribution < -0.4 is 0 Å². The minimum absolute atomic E-state index is 0.00556. The molecule has 2 nitrogen and oxygen atoms in total. The van der Waals surface area contributed by atoms with Crippen LogP contribution in [0.4, 0.5) is 0 Å². The van der Waals surface area contributed by atoms with E-state index in [0.29, 0.717) is 0 Å². The molecule has 110 valence electrons. The number of esters is 1. The molecular weight excluding hydrogens is 236 g/mol. The first-order chi connectivity index (χ1) is 8.93. The first kappa shape index (κ1) is 17.9. The molecule has 0 saturated carbocycles. The van der Waals surface area contributed by atoms with Crippen molar-refractivity contribution >= 4 is 5.97 Å². The summed E-state index contributed by atoms with van der Waals surface area (Å²) >= 11 is 0. The van der Waals surface area contributed by atoms with Crippen LogP contribution in [0.3, 0.4) is 0 Å². The Hall–Kier alpha value is -1.05. The predicted octanol–water partition coefficient (Wildman–Crippen LogP) is 5.05. The fourth-order valence-corrected chi connectivity index (χ4v) is 1.58. The van der Waals surface area contributed by atoms with E-state index in [0.717, 1.165) is 32.1 Å². The zero-order chi connectivity index (χ0) is 14.7. The van der Waals surface area contributed by atoms with Gasteiger partial charge in [-0.3, -0.25) is 4.79 Å². The Morgan fingerprint density at radius 2 is 1.79 bits per heavy atom. The van der Waals surface area contributed by atoms with Gasteiger partial charge in [-0.05, 0) is 46.0 Å². The summed E-state index contributed by atoms with van der Waals surface area (Å²) in [4.78, 5) is 11.7. The monoisotopic (exact) mass is 266 g/mol. The van der Waals surface area contributed by atoms with Crippen LogP contribution in [0.15, 0.2) is 24.3 Å². The van der Waals surface area contributed by atoms with Gasteiger partial charge in [0.15, 0.2) is 0 Å². The van der Waals surface area contributed by atoms with E-state index in [1.54, 1.807) is 0 Å². The van der Waals surface area contributed by atoms with Crippen LogP contribution in [0.1, 0.15) is 66.7 Å². The van der Waals surface area contributed by atoms with Crippen molar-refractivity contribution in [3.8, 4) is 0 Å². The highest BCUT2D eigenvalue weighted by molar-refractivity contribution is 5.72. The number of allylic oxidation sites excluding steroid dienone is 4. The molecule has 0 aromatic carbocycles. The average molecular weight is 266 g/mol. The van der Waals surface area contributed by atoms with Crippen molar-refractivity contribution in [1.29, 1.82) is 0 Å². The van der Waals surface area contributed by atoms with Gasteiger partial charge in [0.05, 0.1) is 5.92 Å². The molecule has 0 N–H and O–H groups in total. The van der Waals surface area contributed by atoms with Crippen LogP contribution in [-0.4, -0.2) is 11.6 Å². The molecule has 0 heterocycles. The minimum Gasteiger partial charge on any atom is -0.459 e. The molecule has 0 rings (SSSR count). The quantitative estimate of drug-likeness (QED) is 0.431. The van der Waals surface area contributed by atoms with Gasteiger partial charge in [-0.2, -0.15) is 0 Å². The van der Waals surface area contributed by atoms with E-state index in [4.69, 9.17) is 4.74 Å². The summed E-state index contributed by atoms with van der Waals surface area (Å²) in [6.07, 6.45) is 13.4. The molecule has 0 saturated heterocycles. The van der Waals surface area contributed by atoms with E-state index in [1.807, 2.05) is 27.7 Å². The summed E-state index contributed by atoms with van der Waals surface area (Å²) < 4.78 is 5.55. The molecule has 0 aromatic heterocycles. The number of carbonyl (C=O) groups excluding carboxylic acids is 1. The fourth-order valence-electron chi connectivity index (χ4n) is 1.58. The van der Waals surface area contributed by atoms with Crippen molar-refractivity contribution in [2.45, 2.75) is 72.3 Å². The highest BCUT2D eigenvalue weighted by atomic mass is 16.6. The lowest BCUT2D eigenvalue weighted by Crippen LogP contribution is -2.30. The zero-order valence-electron chi connectivity index (χ0n) is 13.2. The Kier molecular flexibility index (Phi) is 9.28. The lowest BCUT2D eigenvalue weighted by molar-refractivity contribution is -0.161. The smallest absolute Gasteiger partial charge is 0.309 e. The topological polar surface area (TPSA) is 26.3 Å². The van der Waals surface area contributed by atoms with E-state index in [-0.39, 0.29) is 17.5 Å². The first-order valence-corrected chi connectivity index (χ1v) is 7.45. The SMILES string of the molecule is CC/C=C/C/C=C/CCC(C)(C)OC(=O)C(C)CC. The second kappa shape index (κ2) is 9.82. The van der Waals surface area contributed by atoms with Crippen molar-refractivity contribution in [2.75, 3.05) is 0 Å². The summed E-state index contributed by atoms with van der Waals surface area (Å²) in [6, 6.07) is 0. The van der Waals surface area contributed by atoms with Crippen molar-refractivity contribution in [1.82, 2.24) is 0 Å². The second-order valence-corrected chi connectivity index (χ2v) is 5.62. The van der Waals surface area contributed by atoms with Gasteiger partial charge >= 0.3 is 5.97 Å². The third kappa shape index (κ3) is 9.52. The van der Waals surface area contributed by atoms with Gasteiger partial charge in [-0.25, -0.2) is 0 Å². The summed E-state index contributed by atoms with van der Waals surface area (Å²) in [5, 5.41) is 0. The summed E-state index contributed by atoms with van der Waals surface area (Å²) in [5.74, 6) is -0.0867. The Bertz CT molecular complexity index is 300. The van der Waals surface area contributed by atoms with Crippen LogP contribution in [0.2, 0.25) is 0 Å². The number of hydrogen-bond donors (Lipinski definition) is 0. The van der Waals surface area contributed by atoms with Crippen LogP contribution in [0.25, 0.3) is 0 Å². The van der Waals surface area contributed by atoms with Gasteiger partial charge in [0, 0.05) is 0 Å². The minimum atomic E-state index is -0.371. The average Bonchev–Trinajstić information content (AvgIpc) is 2.36. The summed E-state index contributed by atoms with van der Waals surface area (Å²) in [5.41, 5.74) is -0.371. The summed E-state index contributed by atoms with van der Waals surface area (Å²) in [7, 11) is 0. The number of carbonyl (C=O) groups is 1. The summed E-state index contributed by atoms with van der Waals surface area (Å²) in [6.45, 7) is 10.0. The molecule has 0 bridgehead atoms. The van der Waals surface area contributed by atoms with Crippen molar-refractivity contribution in [3.05, 3.63) is 24.3 Å². The standard InChI is InChI=1S/C17H30O2/c1-6-8-9-10-11-12-13-14-17(4,5)19-16(18)15(3)7-2/h8-9,11-12,15H,6-7,10,13-14H2,1-5H3/b9-8+,12-11+. The largest absolute Gasteiger partial charge is 0.459 e. The molecule has 19 heavy (non-hydrogen) atoms. The molecule has 2 heteroatoms. The third-order valence-electron chi connectivity index (χ3n) is 3.15. The lowest BCUT2D eigenvalue weighted by atomic mass is 10.0. The molecule has 0 amide bonds. The third-order valence-corrected chi connectivity index (χ3v) is 3.15. The number of hydrogen-bond acceptors (Lipinski definition) is 2. The molecule has 0 radical (unpaired) electrons. The van der Waals surface area contributed by atoms with E-state index >= 15 is 0 Å². The lowest BCUT2D eigenvalue weighted by Gasteiger charge is -2.26. The maximum Gasteiger partial charge on any atom is 0.309 e. The van der Waals surface area contributed by atoms with Crippen LogP contribution >= 0.6 is 0 Å². The molecular formula is C17H30O2. The maximum atomic E-state index is 11.7. The van der Waals surface area contributed by atoms with Crippen LogP contribution in [0.5, 0.6) is 0 Å². The normalized spacial score (nSPS) is 14.2. The Balaban J connectivity index is 3.96. The first-order valence-electron chi connectivity index (χ1n) is 7.45. The van der Waals surface area contributed by atoms with Gasteiger partial charge in [0.25, 0.3) is 0 Å². The molecule has 1 unspecified atom stereocenters. The molecule has 0 aliphatic carbocycles. The molecule has 0 aromatic rings. The van der Waals surface area contributed by atoms with E-state index < -0.39 is 0 Å². The molecule has 0 fully saturated rings. The van der Waals surface area contributed by atoms with Crippen molar-refractivity contribution in [3.63, 3.8) is 0 Å². The van der Waals surface area contributed by atoms with E-state index in [2.05, 4.69) is 31.2 Å². The van der Waals surface area contributed by atoms with E-state index in [1.165, 1.54) is 0 Å². The van der Waals surface area contributed by atoms with E-state index in [9.17, 15) is 4.79 Å². The van der Waals surface area contributed by atoms with Crippen molar-refractivity contribution in [2.24, 2.45) is 5.92 Å². The number of ether oxygens (including phenoxy) is 1. The highest BCUT2D eigenvalue weighted by Gasteiger charge is 2.24. The van der Waals surface area contributed by atoms with Gasteiger partial charge in [0.1, 0.15) is 5.60 Å². The Labute approximate surface area is 118 Å². The van der Waals surface area contributed by atoms with Gasteiger partial charge in [-0.1, -0.05) is 45.1 Å². The molecule has 1 atom stereocenters. The second-order valence-electron chi connectivity index (χ2n) is 5.62. The Morgan fingerprint density at radius 1 is 1.16 bits per heavy atom.